The molecule has 2 saturated heterocycles. The summed E-state index contributed by atoms with van der Waals surface area (Å²) in [6.07, 6.45) is 8.93. The van der Waals surface area contributed by atoms with Crippen LogP contribution in [0.1, 0.15) is 216 Å². The van der Waals surface area contributed by atoms with Gasteiger partial charge in [0.25, 0.3) is 11.8 Å². The Morgan fingerprint density at radius 3 is 1.08 bits per heavy atom. The lowest BCUT2D eigenvalue weighted by molar-refractivity contribution is -0.143. The van der Waals surface area contributed by atoms with Crippen LogP contribution in [0.15, 0.2) is 133 Å². The molecule has 4 aromatic rings. The van der Waals surface area contributed by atoms with E-state index >= 15 is 4.79 Å². The summed E-state index contributed by atoms with van der Waals surface area (Å²) in [4.78, 5) is 117. The number of likely N-dealkylation sites (tertiary alicyclic amines) is 2. The average molecular weight is 1730 g/mol. The minimum atomic E-state index is -4.27. The summed E-state index contributed by atoms with van der Waals surface area (Å²) >= 11 is 3.11. The molecular weight excluding hydrogens is 1610 g/mol. The van der Waals surface area contributed by atoms with Gasteiger partial charge in [0.15, 0.2) is 0 Å². The number of amides is 8. The first kappa shape index (κ1) is 91.8. The standard InChI is InChI=1S/C45H60F2N4O7S2.C44H58F2N4O7S2/c1-41(2,3)35(48-40(55)58-42(4,5)6)38(53)51-29-44(32-21-19-31(20-22-32)30-17-13-12-14-18-30)28-34(51)37(52)49-45(27-33(45)36(46)47)39(54)50-60(56,57)43(24-25-43)23-15-10-8-7-9-11-16-26-59-44;1-40(2,3)34(47-39(54)57-41(4,5)6)37(52)50-28-43(31-20-18-30(19-21-31)29-16-12-11-13-17-29)27-33(50)36(51)48-44(26-32(44)35(45)46)38(53)49-59(55,56)42(23-24-42)22-14-9-7-8-10-15-25-58-43/h11-14,16-22,33-36H,7-10,15,23-29H2,1-6H3,(H,48,55)(H,49,52)(H,50,54);10-13,15-21,32-35H,7-9,14,22-28H2,1-6H3,(H,47,54)(H,48,51)(H,49,53)/b16-11-;15-10+/t33-,34-,35+,44-,45+;32-,33-,34+,43-,44+/m00/s1. The van der Waals surface area contributed by atoms with Gasteiger partial charge in [-0.05, 0) is 176 Å². The Morgan fingerprint density at radius 1 is 0.445 bits per heavy atom. The van der Waals surface area contributed by atoms with Crippen LogP contribution in [0, 0.1) is 22.7 Å². The Labute approximate surface area is 707 Å². The van der Waals surface area contributed by atoms with Crippen molar-refractivity contribution in [2.75, 3.05) is 24.6 Å². The first-order valence-electron chi connectivity index (χ1n) is 41.6. The number of carbonyl (C=O) groups excluding carboxylic acids is 8. The summed E-state index contributed by atoms with van der Waals surface area (Å²) in [5.74, 6) is -7.52. The highest BCUT2D eigenvalue weighted by molar-refractivity contribution is 8.00. The van der Waals surface area contributed by atoms with E-state index in [0.29, 0.717) is 62.9 Å². The van der Waals surface area contributed by atoms with Crippen LogP contribution < -0.4 is 30.7 Å². The number of sulfonamides is 2. The number of fused-ring (bicyclic) bond motifs is 4. The molecule has 10 atom stereocenters. The summed E-state index contributed by atoms with van der Waals surface area (Å²) in [6, 6.07) is 30.5. The smallest absolute Gasteiger partial charge is 0.408 e. The topological polar surface area (TPSA) is 302 Å². The van der Waals surface area contributed by atoms with E-state index in [1.54, 1.807) is 107 Å². The van der Waals surface area contributed by atoms with Gasteiger partial charge < -0.3 is 40.5 Å². The number of hydrogen-bond donors (Lipinski definition) is 6. The maximum absolute atomic E-state index is 15.0. The first-order chi connectivity index (χ1) is 55.7. The Kier molecular flexibility index (Phi) is 27.6. The van der Waals surface area contributed by atoms with Crippen molar-refractivity contribution in [2.24, 2.45) is 22.7 Å². The van der Waals surface area contributed by atoms with Crippen LogP contribution >= 0.6 is 23.5 Å². The number of ether oxygens (including phenoxy) is 2. The van der Waals surface area contributed by atoms with Crippen molar-refractivity contribution >= 4 is 91.2 Å². The average Bonchev–Trinajstić information content (AvgIpc) is 1.56. The fourth-order valence-corrected chi connectivity index (χ4v) is 22.9. The van der Waals surface area contributed by atoms with Crippen molar-refractivity contribution in [1.82, 2.24) is 40.5 Å². The van der Waals surface area contributed by atoms with Gasteiger partial charge in [-0.3, -0.25) is 38.2 Å². The van der Waals surface area contributed by atoms with Crippen molar-refractivity contribution in [3.63, 3.8) is 0 Å². The summed E-state index contributed by atoms with van der Waals surface area (Å²) in [5.41, 5.74) is -2.34. The van der Waals surface area contributed by atoms with Crippen molar-refractivity contribution in [1.29, 1.82) is 0 Å². The highest BCUT2D eigenvalue weighted by Gasteiger charge is 2.70. The largest absolute Gasteiger partial charge is 0.444 e. The van der Waals surface area contributed by atoms with Gasteiger partial charge in [0.05, 0.1) is 30.8 Å². The van der Waals surface area contributed by atoms with Gasteiger partial charge in [0, 0.05) is 24.6 Å². The first-order valence-corrected chi connectivity index (χ1v) is 46.5. The molecule has 6 fully saturated rings. The number of allylic oxidation sites excluding steroid dienone is 2. The molecule has 0 radical (unpaired) electrons. The number of thioether (sulfide) groups is 2. The highest BCUT2D eigenvalue weighted by Crippen LogP contribution is 2.56. The fourth-order valence-electron chi connectivity index (χ4n) is 16.8. The molecule has 30 heteroatoms. The SMILES string of the molecule is CC(C)(C)OC(=O)N[C@H](C(=O)N1C[C@]2(c3ccc(-c4ccccc4)cc3)C[C@H]1C(=O)N[C@@]1(C[C@H]1C(F)F)C(=O)NS(=O)(=O)C1(CCCCC/C=C/CS2)CC1)C(C)(C)C.CC(C)(C)OC(=O)N[C@H](C(=O)N1C[C@]2(c3ccc(-c4ccccc4)cc3)C[C@H]1C(=O)N[C@@]1(C[C@H]1C(F)F)C(=O)NS(=O)(=O)C1(CCCCCC/C=C\CS2)CC1)C(C)(C)C. The lowest BCUT2D eigenvalue weighted by Gasteiger charge is -2.36. The second-order valence-corrected chi connectivity index (χ2v) is 44.7. The Morgan fingerprint density at radius 2 is 0.773 bits per heavy atom. The van der Waals surface area contributed by atoms with Crippen molar-refractivity contribution in [3.05, 3.63) is 145 Å². The van der Waals surface area contributed by atoms with Gasteiger partial charge in [-0.15, -0.1) is 23.5 Å². The number of rotatable bonds is 10. The van der Waals surface area contributed by atoms with Crippen molar-refractivity contribution in [2.45, 2.75) is 283 Å². The molecule has 4 aliphatic heterocycles. The molecule has 4 aliphatic carbocycles. The Balaban J connectivity index is 0.000000233. The van der Waals surface area contributed by atoms with E-state index < -0.39 is 181 Å². The minimum absolute atomic E-state index is 0.00403. The van der Waals surface area contributed by atoms with E-state index in [4.69, 9.17) is 9.47 Å². The minimum Gasteiger partial charge on any atom is -0.444 e. The van der Waals surface area contributed by atoms with Crippen LogP contribution in [0.3, 0.4) is 0 Å². The van der Waals surface area contributed by atoms with Gasteiger partial charge in [0.1, 0.15) is 46.4 Å². The molecule has 8 amide bonds. The van der Waals surface area contributed by atoms with E-state index in [0.717, 1.165) is 78.3 Å². The molecule has 119 heavy (non-hydrogen) atoms. The lowest BCUT2D eigenvalue weighted by Crippen LogP contribution is -2.60. The molecule has 12 rings (SSSR count). The number of nitrogens with zero attached hydrogens (tertiary/aromatic N) is 2. The second-order valence-electron chi connectivity index (χ2n) is 37.7. The van der Waals surface area contributed by atoms with Crippen molar-refractivity contribution < 1.29 is 82.2 Å². The maximum Gasteiger partial charge on any atom is 0.408 e. The zero-order valence-corrected chi connectivity index (χ0v) is 73.6. The summed E-state index contributed by atoms with van der Waals surface area (Å²) < 4.78 is 124. The van der Waals surface area contributed by atoms with Gasteiger partial charge in [0.2, 0.25) is 56.5 Å². The molecule has 0 unspecified atom stereocenters. The van der Waals surface area contributed by atoms with E-state index in [1.165, 1.54) is 9.80 Å². The molecular formula is C89H118F4N8O14S4. The van der Waals surface area contributed by atoms with Crippen molar-refractivity contribution in [3.8, 4) is 22.3 Å². The molecule has 6 N–H and O–H groups in total. The third kappa shape index (κ3) is 21.4. The molecule has 4 spiro atoms. The van der Waals surface area contributed by atoms with Gasteiger partial charge in [-0.25, -0.2) is 44.0 Å². The second kappa shape index (κ2) is 35.8. The molecule has 4 bridgehead atoms. The molecule has 22 nitrogen and oxygen atoms in total. The van der Waals surface area contributed by atoms with E-state index in [-0.39, 0.29) is 25.9 Å². The van der Waals surface area contributed by atoms with Crippen LogP contribution in [0.5, 0.6) is 0 Å². The number of alkyl halides is 4. The zero-order chi connectivity index (χ0) is 86.7. The van der Waals surface area contributed by atoms with Crippen LogP contribution in [0.25, 0.3) is 22.3 Å². The van der Waals surface area contributed by atoms with Crippen LogP contribution in [-0.2, 0) is 67.8 Å². The van der Waals surface area contributed by atoms with Crippen LogP contribution in [0.2, 0.25) is 0 Å². The Hall–Kier alpha value is -7.96. The summed E-state index contributed by atoms with van der Waals surface area (Å²) in [5, 5.41) is 10.7. The van der Waals surface area contributed by atoms with Crippen LogP contribution in [0.4, 0.5) is 27.2 Å². The Bertz CT molecular complexity index is 4660. The maximum atomic E-state index is 15.0. The lowest BCUT2D eigenvalue weighted by atomic mass is 9.85. The number of halogens is 4. The normalized spacial score (nSPS) is 28.4. The molecule has 4 heterocycles. The number of hydrogen-bond acceptors (Lipinski definition) is 16. The number of benzene rings is 4. The molecule has 8 aliphatic rings. The number of carbonyl (C=O) groups is 8. The predicted molar refractivity (Wildman–Crippen MR) is 455 cm³/mol. The third-order valence-corrected chi connectivity index (χ3v) is 31.6. The predicted octanol–water partition coefficient (Wildman–Crippen LogP) is 15.3. The monoisotopic (exact) mass is 1730 g/mol. The molecule has 0 aromatic heterocycles. The highest BCUT2D eigenvalue weighted by atomic mass is 32.2. The van der Waals surface area contributed by atoms with Gasteiger partial charge in [-0.2, -0.15) is 0 Å². The third-order valence-electron chi connectivity index (χ3n) is 24.3. The number of nitrogens with one attached hydrogen (secondary N) is 6. The van der Waals surface area contributed by atoms with Crippen LogP contribution in [-0.4, -0.2) is 168 Å². The van der Waals surface area contributed by atoms with Gasteiger partial charge >= 0.3 is 12.2 Å². The molecule has 4 saturated carbocycles. The van der Waals surface area contributed by atoms with E-state index in [1.807, 2.05) is 109 Å². The zero-order valence-electron chi connectivity index (χ0n) is 70.3. The van der Waals surface area contributed by atoms with E-state index in [2.05, 4.69) is 55.0 Å². The number of alkyl carbamates (subject to hydrolysis) is 2. The fraction of sp³-hybridized carbons (Fsp3) is 0.596. The van der Waals surface area contributed by atoms with Gasteiger partial charge in [-0.1, -0.05) is 207 Å². The van der Waals surface area contributed by atoms with E-state index in [9.17, 15) is 68.0 Å². The quantitative estimate of drug-likeness (QED) is 0.0635. The molecule has 650 valence electrons. The molecule has 4 aromatic carbocycles. The summed E-state index contributed by atoms with van der Waals surface area (Å²) in [7, 11) is -8.54. The summed E-state index contributed by atoms with van der Waals surface area (Å²) in [6.45, 7) is 20.8.